The van der Waals surface area contributed by atoms with Crippen molar-refractivity contribution in [1.82, 2.24) is 5.43 Å². The Kier molecular flexibility index (Phi) is 4.30. The standard InChI is InChI=1S/C11H13N3O2/c1-2-10(11(15)14-13)16-9-5-3-8(7-12)4-6-9/h3-6,10H,2,13H2,1H3,(H,14,15). The Balaban J connectivity index is 2.71. The summed E-state index contributed by atoms with van der Waals surface area (Å²) in [6.07, 6.45) is -0.0961. The monoisotopic (exact) mass is 219 g/mol. The van der Waals surface area contributed by atoms with Crippen LogP contribution in [0.4, 0.5) is 0 Å². The maximum atomic E-state index is 11.3. The average Bonchev–Trinajstić information content (AvgIpc) is 2.35. The van der Waals surface area contributed by atoms with Crippen LogP contribution in [-0.2, 0) is 4.79 Å². The van der Waals surface area contributed by atoms with Crippen molar-refractivity contribution in [3.63, 3.8) is 0 Å². The maximum Gasteiger partial charge on any atom is 0.274 e. The Morgan fingerprint density at radius 3 is 2.62 bits per heavy atom. The number of ether oxygens (including phenoxy) is 1. The van der Waals surface area contributed by atoms with Gasteiger partial charge in [0, 0.05) is 0 Å². The molecule has 5 heteroatoms. The SMILES string of the molecule is CCC(Oc1ccc(C#N)cc1)C(=O)NN. The molecule has 1 rings (SSSR count). The second-order valence-electron chi connectivity index (χ2n) is 3.16. The van der Waals surface area contributed by atoms with Gasteiger partial charge in [-0.15, -0.1) is 0 Å². The molecular weight excluding hydrogens is 206 g/mol. The fourth-order valence-electron chi connectivity index (χ4n) is 1.19. The zero-order valence-corrected chi connectivity index (χ0v) is 8.93. The Morgan fingerprint density at radius 2 is 2.19 bits per heavy atom. The molecule has 0 saturated carbocycles. The predicted molar refractivity (Wildman–Crippen MR) is 58.2 cm³/mol. The third kappa shape index (κ3) is 2.97. The van der Waals surface area contributed by atoms with Crippen LogP contribution in [0.3, 0.4) is 0 Å². The van der Waals surface area contributed by atoms with Crippen LogP contribution in [0.2, 0.25) is 0 Å². The molecule has 0 aliphatic rings. The van der Waals surface area contributed by atoms with Crippen molar-refractivity contribution in [3.05, 3.63) is 29.8 Å². The van der Waals surface area contributed by atoms with Gasteiger partial charge in [0.25, 0.3) is 5.91 Å². The minimum absolute atomic E-state index is 0.369. The lowest BCUT2D eigenvalue weighted by Gasteiger charge is -2.15. The highest BCUT2D eigenvalue weighted by molar-refractivity contribution is 5.80. The van der Waals surface area contributed by atoms with E-state index in [9.17, 15) is 4.79 Å². The summed E-state index contributed by atoms with van der Waals surface area (Å²) in [5, 5.41) is 8.61. The van der Waals surface area contributed by atoms with Gasteiger partial charge in [-0.1, -0.05) is 6.92 Å². The van der Waals surface area contributed by atoms with E-state index in [1.807, 2.05) is 18.4 Å². The van der Waals surface area contributed by atoms with Gasteiger partial charge in [-0.05, 0) is 30.7 Å². The molecule has 3 N–H and O–H groups in total. The molecular formula is C11H13N3O2. The molecule has 0 fully saturated rings. The van der Waals surface area contributed by atoms with Crippen LogP contribution >= 0.6 is 0 Å². The summed E-state index contributed by atoms with van der Waals surface area (Å²) in [6, 6.07) is 8.54. The molecule has 0 aliphatic heterocycles. The number of amides is 1. The molecule has 16 heavy (non-hydrogen) atoms. The molecule has 84 valence electrons. The molecule has 0 aromatic heterocycles. The molecule has 1 atom stereocenters. The predicted octanol–water partition coefficient (Wildman–Crippen LogP) is 0.706. The van der Waals surface area contributed by atoms with Crippen LogP contribution in [-0.4, -0.2) is 12.0 Å². The number of nitrogens with two attached hydrogens (primary N) is 1. The van der Waals surface area contributed by atoms with Gasteiger partial charge in [0.2, 0.25) is 0 Å². The van der Waals surface area contributed by atoms with Crippen molar-refractivity contribution >= 4 is 5.91 Å². The molecule has 0 heterocycles. The van der Waals surface area contributed by atoms with Gasteiger partial charge in [0.1, 0.15) is 5.75 Å². The van der Waals surface area contributed by atoms with Crippen LogP contribution in [0.25, 0.3) is 0 Å². The molecule has 0 aliphatic carbocycles. The Bertz CT molecular complexity index is 395. The van der Waals surface area contributed by atoms with Gasteiger partial charge >= 0.3 is 0 Å². The van der Waals surface area contributed by atoms with Crippen molar-refractivity contribution in [3.8, 4) is 11.8 Å². The first-order chi connectivity index (χ1) is 7.71. The fraction of sp³-hybridized carbons (Fsp3) is 0.273. The maximum absolute atomic E-state index is 11.3. The Morgan fingerprint density at radius 1 is 1.56 bits per heavy atom. The van der Waals surface area contributed by atoms with Gasteiger partial charge in [-0.3, -0.25) is 10.2 Å². The molecule has 0 bridgehead atoms. The van der Waals surface area contributed by atoms with Crippen molar-refractivity contribution in [2.45, 2.75) is 19.4 Å². The number of nitrogens with one attached hydrogen (secondary N) is 1. The first kappa shape index (κ1) is 12.0. The molecule has 1 unspecified atom stereocenters. The Labute approximate surface area is 93.8 Å². The minimum atomic E-state index is -0.613. The third-order valence-electron chi connectivity index (χ3n) is 2.07. The summed E-state index contributed by atoms with van der Waals surface area (Å²) in [6.45, 7) is 1.82. The number of nitriles is 1. The number of hydrogen-bond donors (Lipinski definition) is 2. The van der Waals surface area contributed by atoms with Gasteiger partial charge < -0.3 is 4.74 Å². The number of benzene rings is 1. The van der Waals surface area contributed by atoms with Gasteiger partial charge in [-0.2, -0.15) is 5.26 Å². The van der Waals surface area contributed by atoms with Crippen LogP contribution in [0.5, 0.6) is 5.75 Å². The number of hydrogen-bond acceptors (Lipinski definition) is 4. The second-order valence-corrected chi connectivity index (χ2v) is 3.16. The van der Waals surface area contributed by atoms with E-state index in [-0.39, 0.29) is 5.91 Å². The summed E-state index contributed by atoms with van der Waals surface area (Å²) in [5.41, 5.74) is 2.59. The normalized spacial score (nSPS) is 11.3. The fourth-order valence-corrected chi connectivity index (χ4v) is 1.19. The van der Waals surface area contributed by atoms with Crippen molar-refractivity contribution in [2.75, 3.05) is 0 Å². The lowest BCUT2D eigenvalue weighted by atomic mass is 10.2. The van der Waals surface area contributed by atoms with E-state index in [0.29, 0.717) is 17.7 Å². The van der Waals surface area contributed by atoms with Crippen molar-refractivity contribution < 1.29 is 9.53 Å². The quantitative estimate of drug-likeness (QED) is 0.443. The summed E-state index contributed by atoms with van der Waals surface area (Å²) in [5.74, 6) is 5.19. The van der Waals surface area contributed by atoms with Gasteiger partial charge in [0.15, 0.2) is 6.10 Å². The van der Waals surface area contributed by atoms with Crippen molar-refractivity contribution in [1.29, 1.82) is 5.26 Å². The highest BCUT2D eigenvalue weighted by Crippen LogP contribution is 2.14. The second kappa shape index (κ2) is 5.73. The zero-order valence-electron chi connectivity index (χ0n) is 8.93. The average molecular weight is 219 g/mol. The van der Waals surface area contributed by atoms with E-state index in [0.717, 1.165) is 0 Å². The molecule has 1 aromatic carbocycles. The number of nitrogens with zero attached hydrogens (tertiary/aromatic N) is 1. The highest BCUT2D eigenvalue weighted by atomic mass is 16.5. The minimum Gasteiger partial charge on any atom is -0.481 e. The summed E-state index contributed by atoms with van der Waals surface area (Å²) < 4.78 is 5.41. The third-order valence-corrected chi connectivity index (χ3v) is 2.07. The molecule has 1 aromatic rings. The van der Waals surface area contributed by atoms with Gasteiger partial charge in [-0.25, -0.2) is 5.84 Å². The largest absolute Gasteiger partial charge is 0.481 e. The molecule has 1 amide bonds. The number of hydrazine groups is 1. The highest BCUT2D eigenvalue weighted by Gasteiger charge is 2.16. The van der Waals surface area contributed by atoms with E-state index in [1.165, 1.54) is 0 Å². The Hall–Kier alpha value is -2.06. The van der Waals surface area contributed by atoms with Crippen LogP contribution in [0, 0.1) is 11.3 Å². The first-order valence-electron chi connectivity index (χ1n) is 4.88. The lowest BCUT2D eigenvalue weighted by molar-refractivity contribution is -0.128. The summed E-state index contributed by atoms with van der Waals surface area (Å²) in [7, 11) is 0. The topological polar surface area (TPSA) is 88.1 Å². The molecule has 0 spiro atoms. The summed E-state index contributed by atoms with van der Waals surface area (Å²) >= 11 is 0. The van der Waals surface area contributed by atoms with Crippen LogP contribution in [0.15, 0.2) is 24.3 Å². The van der Waals surface area contributed by atoms with Gasteiger partial charge in [0.05, 0.1) is 11.6 Å². The first-order valence-corrected chi connectivity index (χ1v) is 4.88. The van der Waals surface area contributed by atoms with E-state index < -0.39 is 6.10 Å². The van der Waals surface area contributed by atoms with Crippen molar-refractivity contribution in [2.24, 2.45) is 5.84 Å². The van der Waals surface area contributed by atoms with E-state index in [4.69, 9.17) is 15.8 Å². The molecule has 0 radical (unpaired) electrons. The lowest BCUT2D eigenvalue weighted by Crippen LogP contribution is -2.41. The van der Waals surface area contributed by atoms with Crippen LogP contribution in [0.1, 0.15) is 18.9 Å². The molecule has 5 nitrogen and oxygen atoms in total. The van der Waals surface area contributed by atoms with E-state index >= 15 is 0 Å². The smallest absolute Gasteiger partial charge is 0.274 e. The zero-order chi connectivity index (χ0) is 12.0. The van der Waals surface area contributed by atoms with Crippen LogP contribution < -0.4 is 16.0 Å². The summed E-state index contributed by atoms with van der Waals surface area (Å²) in [4.78, 5) is 11.3. The van der Waals surface area contributed by atoms with E-state index in [1.54, 1.807) is 24.3 Å². The van der Waals surface area contributed by atoms with E-state index in [2.05, 4.69) is 0 Å². The molecule has 0 saturated heterocycles. The number of rotatable bonds is 4. The number of carbonyl (C=O) groups excluding carboxylic acids is 1. The number of carbonyl (C=O) groups is 1.